The van der Waals surface area contributed by atoms with Crippen LogP contribution < -0.4 is 5.32 Å². The van der Waals surface area contributed by atoms with E-state index in [1.807, 2.05) is 6.07 Å². The zero-order chi connectivity index (χ0) is 14.7. The van der Waals surface area contributed by atoms with Gasteiger partial charge in [-0.1, -0.05) is 12.1 Å². The summed E-state index contributed by atoms with van der Waals surface area (Å²) in [6.07, 6.45) is 0. The first-order chi connectivity index (χ1) is 9.51. The Labute approximate surface area is 114 Å². The van der Waals surface area contributed by atoms with E-state index in [0.29, 0.717) is 11.6 Å². The summed E-state index contributed by atoms with van der Waals surface area (Å²) < 4.78 is 39.4. The molecule has 0 saturated heterocycles. The predicted molar refractivity (Wildman–Crippen MR) is 69.5 cm³/mol. The molecule has 2 nitrogen and oxygen atoms in total. The average molecular weight is 276 g/mol. The van der Waals surface area contributed by atoms with Crippen LogP contribution in [0.2, 0.25) is 0 Å². The second-order valence-electron chi connectivity index (χ2n) is 4.35. The summed E-state index contributed by atoms with van der Waals surface area (Å²) in [5.41, 5.74) is 1.20. The van der Waals surface area contributed by atoms with Gasteiger partial charge in [0.2, 0.25) is 0 Å². The van der Waals surface area contributed by atoms with Crippen molar-refractivity contribution in [3.8, 4) is 6.07 Å². The second kappa shape index (κ2) is 5.66. The van der Waals surface area contributed by atoms with Crippen LogP contribution in [0.4, 0.5) is 18.9 Å². The van der Waals surface area contributed by atoms with Gasteiger partial charge in [0.05, 0.1) is 17.3 Å². The van der Waals surface area contributed by atoms with Gasteiger partial charge in [0, 0.05) is 18.2 Å². The third kappa shape index (κ3) is 2.91. The lowest BCUT2D eigenvalue weighted by Crippen LogP contribution is -2.08. The first kappa shape index (κ1) is 13.9. The largest absolute Gasteiger partial charge is 0.376 e. The van der Waals surface area contributed by atoms with Crippen LogP contribution >= 0.6 is 0 Å². The van der Waals surface area contributed by atoms with Gasteiger partial charge in [-0.2, -0.15) is 5.26 Å². The van der Waals surface area contributed by atoms with Crippen molar-refractivity contribution < 1.29 is 13.2 Å². The molecule has 0 radical (unpaired) electrons. The molecule has 0 aliphatic rings. The van der Waals surface area contributed by atoms with Gasteiger partial charge in [0.15, 0.2) is 11.6 Å². The first-order valence-corrected chi connectivity index (χ1v) is 5.92. The summed E-state index contributed by atoms with van der Waals surface area (Å²) in [6, 6.07) is 9.66. The van der Waals surface area contributed by atoms with Gasteiger partial charge in [-0.05, 0) is 24.6 Å². The molecule has 1 atom stereocenters. The minimum Gasteiger partial charge on any atom is -0.376 e. The standard InChI is InChI=1S/C15H11F3N2/c1-9(11-4-2-10(8-19)3-5-11)20-15-7-13(17)12(16)6-14(15)18/h2-7,9,20H,1H3. The molecule has 0 aromatic heterocycles. The summed E-state index contributed by atoms with van der Waals surface area (Å²) in [4.78, 5) is 0. The molecule has 5 heteroatoms. The van der Waals surface area contributed by atoms with Crippen LogP contribution in [0.25, 0.3) is 0 Å². The molecule has 1 unspecified atom stereocenters. The minimum atomic E-state index is -1.22. The molecule has 102 valence electrons. The van der Waals surface area contributed by atoms with Crippen LogP contribution in [-0.4, -0.2) is 0 Å². The van der Waals surface area contributed by atoms with Gasteiger partial charge in [-0.3, -0.25) is 0 Å². The van der Waals surface area contributed by atoms with Gasteiger partial charge in [-0.25, -0.2) is 13.2 Å². The number of benzene rings is 2. The van der Waals surface area contributed by atoms with Gasteiger partial charge < -0.3 is 5.32 Å². The summed E-state index contributed by atoms with van der Waals surface area (Å²) in [6.45, 7) is 1.75. The Kier molecular flexibility index (Phi) is 3.94. The highest BCUT2D eigenvalue weighted by Crippen LogP contribution is 2.24. The molecule has 0 aliphatic carbocycles. The summed E-state index contributed by atoms with van der Waals surface area (Å²) in [7, 11) is 0. The highest BCUT2D eigenvalue weighted by atomic mass is 19.2. The van der Waals surface area contributed by atoms with E-state index in [4.69, 9.17) is 5.26 Å². The number of nitrogens with zero attached hydrogens (tertiary/aromatic N) is 1. The van der Waals surface area contributed by atoms with E-state index in [0.717, 1.165) is 11.6 Å². The fourth-order valence-electron chi connectivity index (χ4n) is 1.80. The van der Waals surface area contributed by atoms with E-state index in [1.54, 1.807) is 31.2 Å². The Morgan fingerprint density at radius 2 is 1.60 bits per heavy atom. The number of nitrogens with one attached hydrogen (secondary N) is 1. The normalized spacial score (nSPS) is 11.8. The number of rotatable bonds is 3. The molecular formula is C15H11F3N2. The fraction of sp³-hybridized carbons (Fsp3) is 0.133. The molecular weight excluding hydrogens is 265 g/mol. The lowest BCUT2D eigenvalue weighted by molar-refractivity contribution is 0.495. The number of halogens is 3. The number of hydrogen-bond acceptors (Lipinski definition) is 2. The first-order valence-electron chi connectivity index (χ1n) is 5.92. The van der Waals surface area contributed by atoms with Crippen molar-refractivity contribution in [2.75, 3.05) is 5.32 Å². The van der Waals surface area contributed by atoms with E-state index >= 15 is 0 Å². The zero-order valence-electron chi connectivity index (χ0n) is 10.6. The second-order valence-corrected chi connectivity index (χ2v) is 4.35. The molecule has 0 spiro atoms. The van der Waals surface area contributed by atoms with Crippen LogP contribution in [-0.2, 0) is 0 Å². The highest BCUT2D eigenvalue weighted by molar-refractivity contribution is 5.47. The SMILES string of the molecule is CC(Nc1cc(F)c(F)cc1F)c1ccc(C#N)cc1. The molecule has 20 heavy (non-hydrogen) atoms. The molecule has 0 fully saturated rings. The van der Waals surface area contributed by atoms with Crippen LogP contribution in [0.5, 0.6) is 0 Å². The third-order valence-corrected chi connectivity index (χ3v) is 2.92. The van der Waals surface area contributed by atoms with Crippen molar-refractivity contribution >= 4 is 5.69 Å². The maximum Gasteiger partial charge on any atom is 0.161 e. The summed E-state index contributed by atoms with van der Waals surface area (Å²) >= 11 is 0. The Hall–Kier alpha value is -2.48. The van der Waals surface area contributed by atoms with Gasteiger partial charge in [-0.15, -0.1) is 0 Å². The predicted octanol–water partition coefficient (Wildman–Crippen LogP) is 4.15. The zero-order valence-corrected chi connectivity index (χ0v) is 10.6. The molecule has 2 aromatic rings. The van der Waals surface area contributed by atoms with Crippen molar-refractivity contribution in [3.63, 3.8) is 0 Å². The van der Waals surface area contributed by atoms with Gasteiger partial charge >= 0.3 is 0 Å². The number of anilines is 1. The monoisotopic (exact) mass is 276 g/mol. The molecule has 0 amide bonds. The van der Waals surface area contributed by atoms with Crippen molar-refractivity contribution in [2.24, 2.45) is 0 Å². The van der Waals surface area contributed by atoms with E-state index in [-0.39, 0.29) is 11.7 Å². The van der Waals surface area contributed by atoms with Crippen LogP contribution in [0, 0.1) is 28.8 Å². The maximum absolute atomic E-state index is 13.5. The van der Waals surface area contributed by atoms with Gasteiger partial charge in [0.25, 0.3) is 0 Å². The third-order valence-electron chi connectivity index (χ3n) is 2.92. The van der Waals surface area contributed by atoms with Crippen LogP contribution in [0.15, 0.2) is 36.4 Å². The fourth-order valence-corrected chi connectivity index (χ4v) is 1.80. The Bertz CT molecular complexity index is 660. The van der Waals surface area contributed by atoms with E-state index < -0.39 is 17.5 Å². The highest BCUT2D eigenvalue weighted by Gasteiger charge is 2.12. The summed E-state index contributed by atoms with van der Waals surface area (Å²) in [5, 5.41) is 11.5. The molecule has 0 saturated carbocycles. The molecule has 1 N–H and O–H groups in total. The van der Waals surface area contributed by atoms with Gasteiger partial charge in [0.1, 0.15) is 5.82 Å². The molecule has 0 heterocycles. The van der Waals surface area contributed by atoms with Crippen molar-refractivity contribution in [3.05, 3.63) is 65.0 Å². The number of hydrogen-bond donors (Lipinski definition) is 1. The lowest BCUT2D eigenvalue weighted by atomic mass is 10.1. The average Bonchev–Trinajstić information content (AvgIpc) is 2.44. The lowest BCUT2D eigenvalue weighted by Gasteiger charge is -2.16. The summed E-state index contributed by atoms with van der Waals surface area (Å²) in [5.74, 6) is -3.19. The van der Waals surface area contributed by atoms with Crippen molar-refractivity contribution in [1.29, 1.82) is 5.26 Å². The van der Waals surface area contributed by atoms with Crippen LogP contribution in [0.1, 0.15) is 24.1 Å². The Morgan fingerprint density at radius 3 is 2.20 bits per heavy atom. The Balaban J connectivity index is 2.21. The Morgan fingerprint density at radius 1 is 1.00 bits per heavy atom. The van der Waals surface area contributed by atoms with E-state index in [1.165, 1.54) is 0 Å². The topological polar surface area (TPSA) is 35.8 Å². The molecule has 2 rings (SSSR count). The van der Waals surface area contributed by atoms with Crippen molar-refractivity contribution in [2.45, 2.75) is 13.0 Å². The van der Waals surface area contributed by atoms with E-state index in [2.05, 4.69) is 5.32 Å². The number of nitriles is 1. The van der Waals surface area contributed by atoms with Crippen LogP contribution in [0.3, 0.4) is 0 Å². The molecule has 0 bridgehead atoms. The molecule has 2 aromatic carbocycles. The smallest absolute Gasteiger partial charge is 0.161 e. The minimum absolute atomic E-state index is 0.110. The molecule has 0 aliphatic heterocycles. The maximum atomic E-state index is 13.5. The van der Waals surface area contributed by atoms with E-state index in [9.17, 15) is 13.2 Å². The van der Waals surface area contributed by atoms with Crippen molar-refractivity contribution in [1.82, 2.24) is 0 Å². The quantitative estimate of drug-likeness (QED) is 0.855.